The summed E-state index contributed by atoms with van der Waals surface area (Å²) in [6.07, 6.45) is 7.74. The molecule has 3 rings (SSSR count). The van der Waals surface area contributed by atoms with E-state index in [1.54, 1.807) is 17.2 Å². The first-order valence-electron chi connectivity index (χ1n) is 5.50. The molecule has 5 heteroatoms. The molecule has 3 heterocycles. The van der Waals surface area contributed by atoms with Crippen molar-refractivity contribution in [1.29, 1.82) is 0 Å². The molecule has 0 unspecified atom stereocenters. The molecule has 0 saturated carbocycles. The van der Waals surface area contributed by atoms with Crippen LogP contribution in [0, 0.1) is 0 Å². The van der Waals surface area contributed by atoms with E-state index in [1.165, 1.54) is 12.8 Å². The van der Waals surface area contributed by atoms with Gasteiger partial charge in [-0.15, -0.1) is 0 Å². The van der Waals surface area contributed by atoms with E-state index in [1.807, 2.05) is 18.3 Å². The topological polar surface area (TPSA) is 46.8 Å². The summed E-state index contributed by atoms with van der Waals surface area (Å²) in [5.41, 5.74) is 0. The maximum atomic E-state index is 4.30. The average Bonchev–Trinajstić information content (AvgIpc) is 3.03. The van der Waals surface area contributed by atoms with Gasteiger partial charge in [-0.2, -0.15) is 5.10 Å². The summed E-state index contributed by atoms with van der Waals surface area (Å²) < 4.78 is 1.75. The average molecular weight is 215 g/mol. The van der Waals surface area contributed by atoms with Crippen molar-refractivity contribution in [2.24, 2.45) is 0 Å². The highest BCUT2D eigenvalue weighted by Crippen LogP contribution is 2.18. The SMILES string of the molecule is c1cnn(-c2cc(N3CCCC3)ncn2)c1. The lowest BCUT2D eigenvalue weighted by Gasteiger charge is -2.16. The van der Waals surface area contributed by atoms with Gasteiger partial charge < -0.3 is 4.90 Å². The summed E-state index contributed by atoms with van der Waals surface area (Å²) in [5.74, 6) is 1.82. The van der Waals surface area contributed by atoms with Gasteiger partial charge in [-0.05, 0) is 18.9 Å². The van der Waals surface area contributed by atoms with Crippen LogP contribution in [0.25, 0.3) is 5.82 Å². The van der Waals surface area contributed by atoms with Crippen molar-refractivity contribution in [2.75, 3.05) is 18.0 Å². The lowest BCUT2D eigenvalue weighted by Crippen LogP contribution is -2.19. The third kappa shape index (κ3) is 1.64. The lowest BCUT2D eigenvalue weighted by atomic mass is 10.4. The Hall–Kier alpha value is -1.91. The highest BCUT2D eigenvalue weighted by atomic mass is 15.3. The van der Waals surface area contributed by atoms with E-state index in [-0.39, 0.29) is 0 Å². The summed E-state index contributed by atoms with van der Waals surface area (Å²) in [7, 11) is 0. The summed E-state index contributed by atoms with van der Waals surface area (Å²) in [6.45, 7) is 2.19. The molecule has 0 spiro atoms. The summed E-state index contributed by atoms with van der Waals surface area (Å²) in [4.78, 5) is 10.8. The zero-order valence-electron chi connectivity index (χ0n) is 8.95. The van der Waals surface area contributed by atoms with Crippen LogP contribution < -0.4 is 4.90 Å². The van der Waals surface area contributed by atoms with Gasteiger partial charge in [0.05, 0.1) is 0 Å². The minimum Gasteiger partial charge on any atom is -0.356 e. The van der Waals surface area contributed by atoms with E-state index in [0.717, 1.165) is 24.7 Å². The van der Waals surface area contributed by atoms with E-state index >= 15 is 0 Å². The van der Waals surface area contributed by atoms with Crippen molar-refractivity contribution >= 4 is 5.82 Å². The number of hydrogen-bond donors (Lipinski definition) is 0. The van der Waals surface area contributed by atoms with Crippen LogP contribution in [0.2, 0.25) is 0 Å². The standard InChI is InChI=1S/C11H13N5/c1-2-6-15(5-1)10-8-11(13-9-12-10)16-7-3-4-14-16/h3-4,7-9H,1-2,5-6H2. The van der Waals surface area contributed by atoms with Gasteiger partial charge in [-0.3, -0.25) is 0 Å². The van der Waals surface area contributed by atoms with Crippen molar-refractivity contribution in [2.45, 2.75) is 12.8 Å². The molecule has 1 fully saturated rings. The van der Waals surface area contributed by atoms with Gasteiger partial charge in [0, 0.05) is 31.5 Å². The third-order valence-corrected chi connectivity index (χ3v) is 2.81. The first-order chi connectivity index (χ1) is 7.93. The quantitative estimate of drug-likeness (QED) is 0.756. The fourth-order valence-corrected chi connectivity index (χ4v) is 1.99. The largest absolute Gasteiger partial charge is 0.356 e. The zero-order valence-corrected chi connectivity index (χ0v) is 8.95. The Morgan fingerprint density at radius 3 is 2.62 bits per heavy atom. The molecule has 1 aliphatic heterocycles. The normalized spacial score (nSPS) is 15.6. The molecule has 2 aromatic rings. The van der Waals surface area contributed by atoms with Gasteiger partial charge in [0.1, 0.15) is 12.1 Å². The van der Waals surface area contributed by atoms with Gasteiger partial charge >= 0.3 is 0 Å². The predicted molar refractivity (Wildman–Crippen MR) is 60.6 cm³/mol. The van der Waals surface area contributed by atoms with Crippen molar-refractivity contribution in [3.63, 3.8) is 0 Å². The molecule has 0 aliphatic carbocycles. The number of anilines is 1. The number of hydrogen-bond acceptors (Lipinski definition) is 4. The van der Waals surface area contributed by atoms with E-state index in [4.69, 9.17) is 0 Å². The Kier molecular flexibility index (Phi) is 2.29. The maximum Gasteiger partial charge on any atom is 0.158 e. The summed E-state index contributed by atoms with van der Waals surface area (Å²) in [5, 5.41) is 4.16. The van der Waals surface area contributed by atoms with E-state index in [2.05, 4.69) is 20.0 Å². The molecule has 0 atom stereocenters. The fraction of sp³-hybridized carbons (Fsp3) is 0.364. The molecule has 0 N–H and O–H groups in total. The van der Waals surface area contributed by atoms with Gasteiger partial charge in [-0.25, -0.2) is 14.6 Å². The van der Waals surface area contributed by atoms with Gasteiger partial charge in [0.15, 0.2) is 5.82 Å². The van der Waals surface area contributed by atoms with Crippen LogP contribution >= 0.6 is 0 Å². The van der Waals surface area contributed by atoms with Crippen LogP contribution in [-0.4, -0.2) is 32.8 Å². The summed E-state index contributed by atoms with van der Waals surface area (Å²) in [6, 6.07) is 3.87. The van der Waals surface area contributed by atoms with Crippen LogP contribution in [0.15, 0.2) is 30.9 Å². The van der Waals surface area contributed by atoms with E-state index in [0.29, 0.717) is 0 Å². The van der Waals surface area contributed by atoms with Gasteiger partial charge in [0.2, 0.25) is 0 Å². The van der Waals surface area contributed by atoms with Gasteiger partial charge in [0.25, 0.3) is 0 Å². The van der Waals surface area contributed by atoms with Gasteiger partial charge in [-0.1, -0.05) is 0 Å². The van der Waals surface area contributed by atoms with Crippen molar-refractivity contribution in [3.8, 4) is 5.82 Å². The van der Waals surface area contributed by atoms with Crippen molar-refractivity contribution < 1.29 is 0 Å². The minimum absolute atomic E-state index is 0.821. The molecule has 0 amide bonds. The highest BCUT2D eigenvalue weighted by Gasteiger charge is 2.14. The van der Waals surface area contributed by atoms with Crippen LogP contribution in [-0.2, 0) is 0 Å². The second-order valence-corrected chi connectivity index (χ2v) is 3.88. The van der Waals surface area contributed by atoms with E-state index in [9.17, 15) is 0 Å². The number of aromatic nitrogens is 4. The molecule has 82 valence electrons. The fourth-order valence-electron chi connectivity index (χ4n) is 1.99. The van der Waals surface area contributed by atoms with Crippen LogP contribution in [0.3, 0.4) is 0 Å². The Morgan fingerprint density at radius 2 is 1.88 bits per heavy atom. The Bertz CT molecular complexity index is 459. The first-order valence-corrected chi connectivity index (χ1v) is 5.50. The molecule has 1 saturated heterocycles. The van der Waals surface area contributed by atoms with Crippen molar-refractivity contribution in [1.82, 2.24) is 19.7 Å². The molecule has 16 heavy (non-hydrogen) atoms. The monoisotopic (exact) mass is 215 g/mol. The van der Waals surface area contributed by atoms with Crippen LogP contribution in [0.1, 0.15) is 12.8 Å². The third-order valence-electron chi connectivity index (χ3n) is 2.81. The molecule has 0 bridgehead atoms. The molecule has 5 nitrogen and oxygen atoms in total. The van der Waals surface area contributed by atoms with E-state index < -0.39 is 0 Å². The molecule has 1 aliphatic rings. The Morgan fingerprint density at radius 1 is 1.06 bits per heavy atom. The first kappa shape index (κ1) is 9.33. The molecule has 2 aromatic heterocycles. The highest BCUT2D eigenvalue weighted by molar-refractivity contribution is 5.43. The lowest BCUT2D eigenvalue weighted by molar-refractivity contribution is 0.830. The summed E-state index contributed by atoms with van der Waals surface area (Å²) >= 11 is 0. The van der Waals surface area contributed by atoms with Crippen LogP contribution in [0.4, 0.5) is 5.82 Å². The molecule has 0 radical (unpaired) electrons. The smallest absolute Gasteiger partial charge is 0.158 e. The zero-order chi connectivity index (χ0) is 10.8. The number of nitrogens with zero attached hydrogens (tertiary/aromatic N) is 5. The predicted octanol–water partition coefficient (Wildman–Crippen LogP) is 1.26. The Balaban J connectivity index is 1.93. The maximum absolute atomic E-state index is 4.30. The Labute approximate surface area is 93.7 Å². The van der Waals surface area contributed by atoms with Crippen LogP contribution in [0.5, 0.6) is 0 Å². The second-order valence-electron chi connectivity index (χ2n) is 3.88. The minimum atomic E-state index is 0.821. The molecule has 0 aromatic carbocycles. The molecular weight excluding hydrogens is 202 g/mol. The second kappa shape index (κ2) is 3.92. The molecular formula is C11H13N5. The number of rotatable bonds is 2. The van der Waals surface area contributed by atoms with Crippen molar-refractivity contribution in [3.05, 3.63) is 30.9 Å².